The second kappa shape index (κ2) is 8.49. The molecule has 1 atom stereocenters. The van der Waals surface area contributed by atoms with E-state index in [1.54, 1.807) is 7.11 Å². The Kier molecular flexibility index (Phi) is 5.82. The largest absolute Gasteiger partial charge is 0.465 e. The molecule has 0 radical (unpaired) electrons. The van der Waals surface area contributed by atoms with Crippen LogP contribution in [0.4, 0.5) is 0 Å². The summed E-state index contributed by atoms with van der Waals surface area (Å²) in [6, 6.07) is 6.10. The Morgan fingerprint density at radius 2 is 2.14 bits per heavy atom. The van der Waals surface area contributed by atoms with Crippen molar-refractivity contribution in [3.8, 4) is 0 Å². The molecule has 4 rings (SSSR count). The summed E-state index contributed by atoms with van der Waals surface area (Å²) < 4.78 is 12.8. The highest BCUT2D eigenvalue weighted by Gasteiger charge is 2.29. The third kappa shape index (κ3) is 4.15. The van der Waals surface area contributed by atoms with Crippen LogP contribution >= 0.6 is 0 Å². The maximum atomic E-state index is 12.9. The second-order valence-electron chi connectivity index (χ2n) is 7.90. The topological polar surface area (TPSA) is 63.7 Å². The minimum Gasteiger partial charge on any atom is -0.465 e. The van der Waals surface area contributed by atoms with E-state index in [1.807, 2.05) is 28.6 Å². The summed E-state index contributed by atoms with van der Waals surface area (Å²) in [7, 11) is 1.67. The van der Waals surface area contributed by atoms with Crippen molar-refractivity contribution >= 4 is 5.91 Å². The Bertz CT molecular complexity index is 812. The summed E-state index contributed by atoms with van der Waals surface area (Å²) in [5, 5.41) is 4.83. The third-order valence-electron chi connectivity index (χ3n) is 5.77. The number of aryl methyl sites for hydroxylation is 2. The fourth-order valence-corrected chi connectivity index (χ4v) is 4.30. The van der Waals surface area contributed by atoms with Crippen LogP contribution in [0.1, 0.15) is 52.9 Å². The number of amides is 1. The van der Waals surface area contributed by atoms with E-state index in [4.69, 9.17) is 14.3 Å². The van der Waals surface area contributed by atoms with Gasteiger partial charge in [0.05, 0.1) is 18.8 Å². The van der Waals surface area contributed by atoms with Crippen molar-refractivity contribution in [2.24, 2.45) is 0 Å². The molecule has 0 N–H and O–H groups in total. The van der Waals surface area contributed by atoms with Gasteiger partial charge in [-0.2, -0.15) is 5.10 Å². The third-order valence-corrected chi connectivity index (χ3v) is 5.77. The van der Waals surface area contributed by atoms with E-state index in [1.165, 1.54) is 0 Å². The molecule has 0 bridgehead atoms. The van der Waals surface area contributed by atoms with Gasteiger partial charge >= 0.3 is 0 Å². The molecule has 1 saturated heterocycles. The zero-order valence-electron chi connectivity index (χ0n) is 16.9. The van der Waals surface area contributed by atoms with E-state index in [-0.39, 0.29) is 5.91 Å². The smallest absolute Gasteiger partial charge is 0.272 e. The van der Waals surface area contributed by atoms with Crippen LogP contribution in [0, 0.1) is 6.92 Å². The normalized spacial score (nSPS) is 21.0. The van der Waals surface area contributed by atoms with E-state index in [2.05, 4.69) is 11.0 Å². The van der Waals surface area contributed by atoms with Crippen LogP contribution in [0.2, 0.25) is 0 Å². The van der Waals surface area contributed by atoms with E-state index in [0.717, 1.165) is 74.9 Å². The van der Waals surface area contributed by atoms with E-state index in [9.17, 15) is 4.79 Å². The molecule has 28 heavy (non-hydrogen) atoms. The predicted molar refractivity (Wildman–Crippen MR) is 105 cm³/mol. The van der Waals surface area contributed by atoms with Crippen molar-refractivity contribution < 1.29 is 13.9 Å². The predicted octanol–water partition coefficient (Wildman–Crippen LogP) is 2.66. The van der Waals surface area contributed by atoms with Gasteiger partial charge < -0.3 is 14.1 Å². The van der Waals surface area contributed by atoms with Crippen LogP contribution < -0.4 is 0 Å². The highest BCUT2D eigenvalue weighted by Crippen LogP contribution is 2.28. The van der Waals surface area contributed by atoms with E-state index < -0.39 is 0 Å². The quantitative estimate of drug-likeness (QED) is 0.764. The first-order chi connectivity index (χ1) is 13.6. The lowest BCUT2D eigenvalue weighted by atomic mass is 9.94. The van der Waals surface area contributed by atoms with Crippen molar-refractivity contribution in [2.45, 2.75) is 45.2 Å². The standard InChI is InChI=1S/C21H30N4O3/c1-16-6-7-18(28-16)15-23-8-3-5-17(14-23)19-13-20-21(26)24(11-12-27-2)9-4-10-25(20)22-19/h6-7,13,17H,3-5,8-12,14-15H2,1-2H3. The van der Waals surface area contributed by atoms with Gasteiger partial charge in [-0.15, -0.1) is 0 Å². The van der Waals surface area contributed by atoms with Gasteiger partial charge in [0, 0.05) is 39.2 Å². The van der Waals surface area contributed by atoms with Crippen LogP contribution in [0.25, 0.3) is 0 Å². The molecular weight excluding hydrogens is 356 g/mol. The van der Waals surface area contributed by atoms with Gasteiger partial charge in [0.15, 0.2) is 0 Å². The number of piperidine rings is 1. The molecule has 152 valence electrons. The van der Waals surface area contributed by atoms with Crippen molar-refractivity contribution in [2.75, 3.05) is 39.9 Å². The Balaban J connectivity index is 1.46. The fourth-order valence-electron chi connectivity index (χ4n) is 4.30. The first-order valence-electron chi connectivity index (χ1n) is 10.3. The number of methoxy groups -OCH3 is 1. The molecule has 1 unspecified atom stereocenters. The second-order valence-corrected chi connectivity index (χ2v) is 7.90. The number of ether oxygens (including phenoxy) is 1. The fraction of sp³-hybridized carbons (Fsp3) is 0.619. The number of hydrogen-bond donors (Lipinski definition) is 0. The lowest BCUT2D eigenvalue weighted by Gasteiger charge is -2.31. The highest BCUT2D eigenvalue weighted by molar-refractivity contribution is 5.93. The number of fused-ring (bicyclic) bond motifs is 1. The number of aromatic nitrogens is 2. The highest BCUT2D eigenvalue weighted by atomic mass is 16.5. The van der Waals surface area contributed by atoms with Crippen molar-refractivity contribution in [3.63, 3.8) is 0 Å². The van der Waals surface area contributed by atoms with Gasteiger partial charge in [-0.05, 0) is 50.9 Å². The Morgan fingerprint density at radius 1 is 1.25 bits per heavy atom. The minimum atomic E-state index is 0.0760. The zero-order valence-corrected chi connectivity index (χ0v) is 16.9. The van der Waals surface area contributed by atoms with Crippen LogP contribution in [0.5, 0.6) is 0 Å². The van der Waals surface area contributed by atoms with Crippen molar-refractivity contribution in [1.29, 1.82) is 0 Å². The van der Waals surface area contributed by atoms with Crippen LogP contribution in [0.3, 0.4) is 0 Å². The average molecular weight is 386 g/mol. The summed E-state index contributed by atoms with van der Waals surface area (Å²) in [6.45, 7) is 7.61. The maximum Gasteiger partial charge on any atom is 0.272 e. The van der Waals surface area contributed by atoms with Gasteiger partial charge in [0.2, 0.25) is 0 Å². The van der Waals surface area contributed by atoms with Gasteiger partial charge in [0.25, 0.3) is 5.91 Å². The zero-order chi connectivity index (χ0) is 19.5. The average Bonchev–Trinajstić information content (AvgIpc) is 3.27. The van der Waals surface area contributed by atoms with Crippen LogP contribution in [-0.2, 0) is 17.8 Å². The summed E-state index contributed by atoms with van der Waals surface area (Å²) in [5.41, 5.74) is 1.78. The first kappa shape index (κ1) is 19.2. The van der Waals surface area contributed by atoms with Crippen LogP contribution in [-0.4, -0.2) is 65.4 Å². The molecule has 1 amide bonds. The number of hydrogen-bond acceptors (Lipinski definition) is 5. The summed E-state index contributed by atoms with van der Waals surface area (Å²) >= 11 is 0. The summed E-state index contributed by atoms with van der Waals surface area (Å²) in [6.07, 6.45) is 3.18. The molecule has 4 heterocycles. The van der Waals surface area contributed by atoms with Crippen LogP contribution in [0.15, 0.2) is 22.6 Å². The molecule has 2 aliphatic rings. The molecule has 0 saturated carbocycles. The lowest BCUT2D eigenvalue weighted by molar-refractivity contribution is 0.0698. The van der Waals surface area contributed by atoms with Gasteiger partial charge in [0.1, 0.15) is 17.2 Å². The monoisotopic (exact) mass is 386 g/mol. The van der Waals surface area contributed by atoms with E-state index in [0.29, 0.717) is 19.1 Å². The number of likely N-dealkylation sites (tertiary alicyclic amines) is 1. The Labute approximate surface area is 166 Å². The Hall–Kier alpha value is -2.12. The van der Waals surface area contributed by atoms with E-state index >= 15 is 0 Å². The van der Waals surface area contributed by atoms with Gasteiger partial charge in [-0.25, -0.2) is 0 Å². The van der Waals surface area contributed by atoms with Crippen molar-refractivity contribution in [1.82, 2.24) is 19.6 Å². The summed E-state index contributed by atoms with van der Waals surface area (Å²) in [5.74, 6) is 2.41. The molecule has 7 nitrogen and oxygen atoms in total. The molecule has 0 aromatic carbocycles. The molecule has 0 spiro atoms. The number of carbonyl (C=O) groups is 1. The molecule has 7 heteroatoms. The molecule has 0 aliphatic carbocycles. The first-order valence-corrected chi connectivity index (χ1v) is 10.3. The molecule has 2 aromatic rings. The molecular formula is C21H30N4O3. The number of carbonyl (C=O) groups excluding carboxylic acids is 1. The number of rotatable bonds is 6. The maximum absolute atomic E-state index is 12.9. The Morgan fingerprint density at radius 3 is 2.93 bits per heavy atom. The van der Waals surface area contributed by atoms with Gasteiger partial charge in [-0.3, -0.25) is 14.4 Å². The minimum absolute atomic E-state index is 0.0760. The van der Waals surface area contributed by atoms with Gasteiger partial charge in [-0.1, -0.05) is 0 Å². The number of furan rings is 1. The molecule has 2 aromatic heterocycles. The summed E-state index contributed by atoms with van der Waals surface area (Å²) in [4.78, 5) is 17.3. The van der Waals surface area contributed by atoms with Crippen molar-refractivity contribution in [3.05, 3.63) is 41.1 Å². The SMILES string of the molecule is COCCN1CCCn2nc(C3CCCN(Cc4ccc(C)o4)C3)cc2C1=O. The molecule has 2 aliphatic heterocycles. The number of nitrogens with zero attached hydrogens (tertiary/aromatic N) is 4. The molecule has 1 fully saturated rings. The lowest BCUT2D eigenvalue weighted by Crippen LogP contribution is -2.34.